The molecular weight excluding hydrogens is 332 g/mol. The molecule has 25 heavy (non-hydrogen) atoms. The van der Waals surface area contributed by atoms with Gasteiger partial charge in [0.25, 0.3) is 5.91 Å². The van der Waals surface area contributed by atoms with Gasteiger partial charge in [0.05, 0.1) is 6.04 Å². The van der Waals surface area contributed by atoms with Crippen molar-refractivity contribution in [2.24, 2.45) is 0 Å². The smallest absolute Gasteiger partial charge is 0.259 e. The Balaban J connectivity index is 1.48. The number of thioether (sulfide) groups is 1. The molecular formula is C20H18N2O2S. The summed E-state index contributed by atoms with van der Waals surface area (Å²) < 4.78 is 0. The highest BCUT2D eigenvalue weighted by molar-refractivity contribution is 7.99. The second-order valence-corrected chi connectivity index (χ2v) is 7.32. The monoisotopic (exact) mass is 350 g/mol. The number of benzene rings is 2. The summed E-state index contributed by atoms with van der Waals surface area (Å²) in [6.45, 7) is 3.98. The maximum Gasteiger partial charge on any atom is 0.259 e. The van der Waals surface area contributed by atoms with Gasteiger partial charge in [0.15, 0.2) is 0 Å². The highest BCUT2D eigenvalue weighted by Crippen LogP contribution is 2.36. The fourth-order valence-electron chi connectivity index (χ4n) is 3.38. The number of carbonyl (C=O) groups excluding carboxylic acids is 2. The first-order chi connectivity index (χ1) is 12.1. The van der Waals surface area contributed by atoms with Crippen LogP contribution in [0.5, 0.6) is 0 Å². The topological polar surface area (TPSA) is 49.4 Å². The van der Waals surface area contributed by atoms with Crippen molar-refractivity contribution in [2.75, 3.05) is 12.3 Å². The predicted molar refractivity (Wildman–Crippen MR) is 99.2 cm³/mol. The van der Waals surface area contributed by atoms with E-state index >= 15 is 0 Å². The van der Waals surface area contributed by atoms with Crippen molar-refractivity contribution in [2.45, 2.75) is 17.4 Å². The zero-order chi connectivity index (χ0) is 17.4. The minimum atomic E-state index is -0.158. The molecule has 0 spiro atoms. The molecule has 1 unspecified atom stereocenters. The molecule has 2 amide bonds. The quantitative estimate of drug-likeness (QED) is 0.922. The Hall–Kier alpha value is -2.53. The van der Waals surface area contributed by atoms with Crippen LogP contribution >= 0.6 is 11.8 Å². The lowest BCUT2D eigenvalue weighted by molar-refractivity contribution is -0.122. The molecule has 1 atom stereocenters. The molecule has 0 saturated carbocycles. The summed E-state index contributed by atoms with van der Waals surface area (Å²) in [4.78, 5) is 27.8. The third kappa shape index (κ3) is 2.85. The minimum Gasteiger partial charge on any atom is -0.348 e. The lowest BCUT2D eigenvalue weighted by atomic mass is 10.0. The number of hydrogen-bond acceptors (Lipinski definition) is 3. The molecule has 0 bridgehead atoms. The predicted octanol–water partition coefficient (Wildman–Crippen LogP) is 3.47. The van der Waals surface area contributed by atoms with Crippen LogP contribution in [-0.4, -0.2) is 29.0 Å². The number of nitrogens with one attached hydrogen (secondary N) is 1. The van der Waals surface area contributed by atoms with Gasteiger partial charge in [0.1, 0.15) is 6.54 Å². The van der Waals surface area contributed by atoms with E-state index in [1.807, 2.05) is 42.1 Å². The van der Waals surface area contributed by atoms with Crippen molar-refractivity contribution < 1.29 is 9.59 Å². The van der Waals surface area contributed by atoms with Gasteiger partial charge in [-0.3, -0.25) is 14.5 Å². The number of hydrogen-bond donors (Lipinski definition) is 1. The van der Waals surface area contributed by atoms with Crippen LogP contribution in [0.2, 0.25) is 0 Å². The Morgan fingerprint density at radius 3 is 2.68 bits per heavy atom. The van der Waals surface area contributed by atoms with Crippen molar-refractivity contribution >= 4 is 29.3 Å². The van der Waals surface area contributed by atoms with Gasteiger partial charge in [0.2, 0.25) is 5.91 Å². The summed E-state index contributed by atoms with van der Waals surface area (Å²) >= 11 is 1.81. The molecule has 1 N–H and O–H groups in total. The number of nitrogens with zero attached hydrogens (tertiary/aromatic N) is 1. The van der Waals surface area contributed by atoms with Crippen LogP contribution in [0.4, 0.5) is 0 Å². The highest BCUT2D eigenvalue weighted by atomic mass is 32.2. The van der Waals surface area contributed by atoms with Crippen LogP contribution in [0.3, 0.4) is 0 Å². The lowest BCUT2D eigenvalue weighted by Crippen LogP contribution is -2.39. The van der Waals surface area contributed by atoms with Crippen molar-refractivity contribution in [3.63, 3.8) is 0 Å². The molecule has 2 aromatic rings. The molecule has 0 radical (unpaired) electrons. The highest BCUT2D eigenvalue weighted by Gasteiger charge is 2.32. The van der Waals surface area contributed by atoms with Crippen molar-refractivity contribution in [1.29, 1.82) is 0 Å². The maximum absolute atomic E-state index is 12.6. The Kier molecular flexibility index (Phi) is 4.09. The molecule has 0 fully saturated rings. The summed E-state index contributed by atoms with van der Waals surface area (Å²) in [6.07, 6.45) is 0.891. The molecule has 0 saturated heterocycles. The Labute approximate surface area is 150 Å². The Morgan fingerprint density at radius 1 is 1.16 bits per heavy atom. The second kappa shape index (κ2) is 6.41. The molecule has 2 aliphatic rings. The van der Waals surface area contributed by atoms with Crippen LogP contribution in [0, 0.1) is 0 Å². The SMILES string of the molecule is C=C1c2ccccc2C(=O)N1CC(=O)NC1CCSc2ccccc21. The fraction of sp³-hybridized carbons (Fsp3) is 0.200. The van der Waals surface area contributed by atoms with E-state index in [-0.39, 0.29) is 24.4 Å². The average Bonchev–Trinajstić information content (AvgIpc) is 2.87. The van der Waals surface area contributed by atoms with E-state index in [0.29, 0.717) is 11.3 Å². The van der Waals surface area contributed by atoms with Crippen LogP contribution in [0.25, 0.3) is 5.70 Å². The summed E-state index contributed by atoms with van der Waals surface area (Å²) in [5, 5.41) is 3.08. The minimum absolute atomic E-state index is 0.00158. The Morgan fingerprint density at radius 2 is 1.88 bits per heavy atom. The zero-order valence-corrected chi connectivity index (χ0v) is 14.5. The summed E-state index contributed by atoms with van der Waals surface area (Å²) in [6, 6.07) is 15.5. The molecule has 0 aromatic heterocycles. The van der Waals surface area contributed by atoms with E-state index in [1.54, 1.807) is 6.07 Å². The van der Waals surface area contributed by atoms with Gasteiger partial charge in [-0.1, -0.05) is 43.0 Å². The summed E-state index contributed by atoms with van der Waals surface area (Å²) in [5.41, 5.74) is 3.16. The van der Waals surface area contributed by atoms with E-state index in [2.05, 4.69) is 24.0 Å². The first-order valence-electron chi connectivity index (χ1n) is 8.26. The van der Waals surface area contributed by atoms with E-state index < -0.39 is 0 Å². The maximum atomic E-state index is 12.6. The van der Waals surface area contributed by atoms with E-state index in [1.165, 1.54) is 9.80 Å². The summed E-state index contributed by atoms with van der Waals surface area (Å²) in [5.74, 6) is 0.660. The largest absolute Gasteiger partial charge is 0.348 e. The third-order valence-electron chi connectivity index (χ3n) is 4.63. The van der Waals surface area contributed by atoms with Gasteiger partial charge in [-0.15, -0.1) is 11.8 Å². The third-order valence-corrected chi connectivity index (χ3v) is 5.76. The summed E-state index contributed by atoms with van der Waals surface area (Å²) in [7, 11) is 0. The van der Waals surface area contributed by atoms with Gasteiger partial charge in [-0.25, -0.2) is 0 Å². The normalized spacial score (nSPS) is 18.7. The average molecular weight is 350 g/mol. The van der Waals surface area contributed by atoms with Crippen LogP contribution in [0.15, 0.2) is 60.0 Å². The number of carbonyl (C=O) groups is 2. The van der Waals surface area contributed by atoms with Gasteiger partial charge in [0, 0.05) is 27.5 Å². The second-order valence-electron chi connectivity index (χ2n) is 6.18. The number of rotatable bonds is 3. The van der Waals surface area contributed by atoms with E-state index in [9.17, 15) is 9.59 Å². The molecule has 2 heterocycles. The standard InChI is InChI=1S/C20H18N2O2S/c1-13-14-6-2-3-7-15(14)20(24)22(13)12-19(23)21-17-10-11-25-18-9-5-4-8-16(17)18/h2-9,17H,1,10-12H2,(H,21,23). The van der Waals surface area contributed by atoms with Crippen molar-refractivity contribution in [3.05, 3.63) is 71.8 Å². The van der Waals surface area contributed by atoms with E-state index in [4.69, 9.17) is 0 Å². The number of fused-ring (bicyclic) bond motifs is 2. The van der Waals surface area contributed by atoms with Crippen molar-refractivity contribution in [1.82, 2.24) is 10.2 Å². The molecule has 4 nitrogen and oxygen atoms in total. The van der Waals surface area contributed by atoms with Gasteiger partial charge in [-0.2, -0.15) is 0 Å². The Bertz CT molecular complexity index is 843. The first-order valence-corrected chi connectivity index (χ1v) is 9.25. The molecule has 126 valence electrons. The molecule has 4 rings (SSSR count). The molecule has 2 aliphatic heterocycles. The van der Waals surface area contributed by atoms with Gasteiger partial charge < -0.3 is 5.32 Å². The first kappa shape index (κ1) is 16.0. The van der Waals surface area contributed by atoms with Gasteiger partial charge >= 0.3 is 0 Å². The van der Waals surface area contributed by atoms with Crippen LogP contribution in [-0.2, 0) is 4.79 Å². The fourth-order valence-corrected chi connectivity index (χ4v) is 4.50. The van der Waals surface area contributed by atoms with E-state index in [0.717, 1.165) is 23.3 Å². The van der Waals surface area contributed by atoms with Crippen molar-refractivity contribution in [3.8, 4) is 0 Å². The van der Waals surface area contributed by atoms with Crippen LogP contribution in [0.1, 0.15) is 33.9 Å². The van der Waals surface area contributed by atoms with Gasteiger partial charge in [-0.05, 0) is 24.1 Å². The lowest BCUT2D eigenvalue weighted by Gasteiger charge is -2.27. The number of amides is 2. The zero-order valence-electron chi connectivity index (χ0n) is 13.7. The molecule has 0 aliphatic carbocycles. The molecule has 5 heteroatoms. The molecule has 2 aromatic carbocycles. The van der Waals surface area contributed by atoms with Crippen LogP contribution < -0.4 is 5.32 Å².